The lowest BCUT2D eigenvalue weighted by Gasteiger charge is -2.09. The third-order valence-electron chi connectivity index (χ3n) is 1.52. The van der Waals surface area contributed by atoms with E-state index in [4.69, 9.17) is 20.4 Å². The second kappa shape index (κ2) is 2.81. The van der Waals surface area contributed by atoms with Crippen molar-refractivity contribution in [3.05, 3.63) is 0 Å². The fourth-order valence-electron chi connectivity index (χ4n) is 0.880. The molecular weight excluding hydrogens is 145 g/mol. The van der Waals surface area contributed by atoms with Gasteiger partial charge in [-0.1, -0.05) is 0 Å². The summed E-state index contributed by atoms with van der Waals surface area (Å²) in [6, 6.07) is 0. The Morgan fingerprint density at radius 3 is 1.90 bits per heavy atom. The zero-order valence-corrected chi connectivity index (χ0v) is 5.21. The molecule has 0 spiro atoms. The van der Waals surface area contributed by atoms with Gasteiger partial charge < -0.3 is 25.2 Å². The van der Waals surface area contributed by atoms with Gasteiger partial charge in [-0.05, 0) is 0 Å². The van der Waals surface area contributed by atoms with Crippen LogP contribution in [0.25, 0.3) is 0 Å². The van der Waals surface area contributed by atoms with E-state index in [2.05, 4.69) is 4.74 Å². The molecular formula is C5H10O5. The molecule has 0 aromatic carbocycles. The largest absolute Gasteiger partial charge is 0.394 e. The van der Waals surface area contributed by atoms with E-state index < -0.39 is 31.2 Å². The molecule has 1 fully saturated rings. The number of hydrogen-bond acceptors (Lipinski definition) is 5. The third kappa shape index (κ3) is 1.14. The van der Waals surface area contributed by atoms with Gasteiger partial charge in [0.2, 0.25) is 0 Å². The van der Waals surface area contributed by atoms with Crippen molar-refractivity contribution in [2.24, 2.45) is 0 Å². The molecule has 1 aliphatic heterocycles. The lowest BCUT2D eigenvalue weighted by Crippen LogP contribution is -2.33. The van der Waals surface area contributed by atoms with Crippen LogP contribution in [-0.2, 0) is 4.74 Å². The van der Waals surface area contributed by atoms with Crippen molar-refractivity contribution in [1.29, 1.82) is 0 Å². The maximum atomic E-state index is 8.93. The SMILES string of the molecule is O[13CH2][13C@H]1O[13CH](O)[13C@H](O)[13C@@H]1O. The molecule has 0 saturated carbocycles. The molecule has 0 aromatic heterocycles. The molecule has 5 heteroatoms. The smallest absolute Gasteiger partial charge is 0.184 e. The van der Waals surface area contributed by atoms with E-state index >= 15 is 0 Å². The highest BCUT2D eigenvalue weighted by Gasteiger charge is 2.41. The fourth-order valence-corrected chi connectivity index (χ4v) is 0.880. The van der Waals surface area contributed by atoms with Crippen LogP contribution in [0.5, 0.6) is 0 Å². The number of hydrogen-bond donors (Lipinski definition) is 4. The Morgan fingerprint density at radius 1 is 1.10 bits per heavy atom. The molecule has 0 amide bonds. The lowest BCUT2D eigenvalue weighted by atomic mass is 11.1. The predicted molar refractivity (Wildman–Crippen MR) is 30.0 cm³/mol. The van der Waals surface area contributed by atoms with E-state index in [0.717, 1.165) is 0 Å². The molecule has 0 bridgehead atoms. The fraction of sp³-hybridized carbons (Fsp3) is 1.00. The molecule has 4 N–H and O–H groups in total. The molecule has 1 aliphatic rings. The Hall–Kier alpha value is -0.200. The molecule has 0 aromatic rings. The van der Waals surface area contributed by atoms with Gasteiger partial charge >= 0.3 is 0 Å². The van der Waals surface area contributed by atoms with Gasteiger partial charge in [-0.3, -0.25) is 0 Å². The second-order valence-electron chi connectivity index (χ2n) is 2.23. The number of aliphatic hydroxyl groups is 4. The zero-order valence-electron chi connectivity index (χ0n) is 5.21. The number of aliphatic hydroxyl groups excluding tert-OH is 4. The van der Waals surface area contributed by atoms with Gasteiger partial charge in [-0.25, -0.2) is 0 Å². The van der Waals surface area contributed by atoms with Crippen molar-refractivity contribution in [2.45, 2.75) is 24.6 Å². The van der Waals surface area contributed by atoms with Gasteiger partial charge in [0.1, 0.15) is 18.3 Å². The number of rotatable bonds is 1. The van der Waals surface area contributed by atoms with Crippen LogP contribution in [0, 0.1) is 0 Å². The predicted octanol–water partition coefficient (Wildman–Crippen LogP) is -2.58. The van der Waals surface area contributed by atoms with Crippen LogP contribution >= 0.6 is 0 Å². The van der Waals surface area contributed by atoms with Crippen LogP contribution in [0.1, 0.15) is 0 Å². The van der Waals surface area contributed by atoms with Gasteiger partial charge in [-0.15, -0.1) is 0 Å². The summed E-state index contributed by atoms with van der Waals surface area (Å²) in [4.78, 5) is 0. The first-order chi connectivity index (χ1) is 4.66. The van der Waals surface area contributed by atoms with Gasteiger partial charge in [-0.2, -0.15) is 0 Å². The first-order valence-corrected chi connectivity index (χ1v) is 2.97. The van der Waals surface area contributed by atoms with E-state index in [-0.39, 0.29) is 0 Å². The van der Waals surface area contributed by atoms with E-state index in [1.54, 1.807) is 0 Å². The normalized spacial score (nSPS) is 48.0. The number of ether oxygens (including phenoxy) is 1. The van der Waals surface area contributed by atoms with Gasteiger partial charge in [0.25, 0.3) is 0 Å². The van der Waals surface area contributed by atoms with Crippen molar-refractivity contribution < 1.29 is 25.2 Å². The van der Waals surface area contributed by atoms with E-state index in [9.17, 15) is 0 Å². The molecule has 0 radical (unpaired) electrons. The molecule has 1 unspecified atom stereocenters. The maximum absolute atomic E-state index is 8.93. The van der Waals surface area contributed by atoms with Crippen LogP contribution in [0.2, 0.25) is 0 Å². The molecule has 4 atom stereocenters. The van der Waals surface area contributed by atoms with Crippen LogP contribution in [-0.4, -0.2) is 51.6 Å². The van der Waals surface area contributed by atoms with Crippen molar-refractivity contribution in [2.75, 3.05) is 6.61 Å². The first kappa shape index (κ1) is 7.90. The average molecular weight is 155 g/mol. The average Bonchev–Trinajstić information content (AvgIpc) is 2.17. The van der Waals surface area contributed by atoms with Gasteiger partial charge in [0.05, 0.1) is 6.61 Å². The Balaban J connectivity index is 2.53. The lowest BCUT2D eigenvalue weighted by molar-refractivity contribution is -0.132. The minimum atomic E-state index is -1.38. The summed E-state index contributed by atoms with van der Waals surface area (Å²) in [6.07, 6.45) is -4.76. The van der Waals surface area contributed by atoms with Crippen LogP contribution in [0.3, 0.4) is 0 Å². The topological polar surface area (TPSA) is 90.2 Å². The van der Waals surface area contributed by atoms with Crippen LogP contribution in [0.15, 0.2) is 0 Å². The summed E-state index contributed by atoms with van der Waals surface area (Å²) in [7, 11) is 0. The summed E-state index contributed by atoms with van der Waals surface area (Å²) < 4.78 is 4.54. The first-order valence-electron chi connectivity index (χ1n) is 2.97. The monoisotopic (exact) mass is 155 g/mol. The molecule has 1 saturated heterocycles. The van der Waals surface area contributed by atoms with E-state index in [1.165, 1.54) is 0 Å². The maximum Gasteiger partial charge on any atom is 0.184 e. The highest BCUT2D eigenvalue weighted by molar-refractivity contribution is 4.84. The minimum Gasteiger partial charge on any atom is -0.394 e. The Morgan fingerprint density at radius 2 is 1.70 bits per heavy atom. The summed E-state index contributed by atoms with van der Waals surface area (Å²) in [5, 5.41) is 35.0. The molecule has 60 valence electrons. The standard InChI is InChI=1S/C5H10O5/c6-1-2-3(7)4(8)5(9)10-2/h2-9H,1H2/t2-,3-,4-,5?/m1/s1/i1+1,2+1,3+1,4+1,5+1. The molecule has 5 nitrogen and oxygen atoms in total. The molecule has 1 rings (SSSR count). The Bertz CT molecular complexity index is 117. The van der Waals surface area contributed by atoms with Crippen LogP contribution < -0.4 is 0 Å². The van der Waals surface area contributed by atoms with Crippen molar-refractivity contribution in [1.82, 2.24) is 0 Å². The summed E-state index contributed by atoms with van der Waals surface area (Å²) in [5.41, 5.74) is 0. The highest BCUT2D eigenvalue weighted by Crippen LogP contribution is 2.18. The summed E-state index contributed by atoms with van der Waals surface area (Å²) >= 11 is 0. The molecule has 0 aliphatic carbocycles. The van der Waals surface area contributed by atoms with Crippen molar-refractivity contribution in [3.63, 3.8) is 0 Å². The molecule has 1 heterocycles. The third-order valence-corrected chi connectivity index (χ3v) is 1.52. The minimum absolute atomic E-state index is 0.407. The Kier molecular flexibility index (Phi) is 2.22. The highest BCUT2D eigenvalue weighted by atomic mass is 16.8. The van der Waals surface area contributed by atoms with Gasteiger partial charge in [0.15, 0.2) is 6.29 Å². The second-order valence-corrected chi connectivity index (χ2v) is 2.23. The van der Waals surface area contributed by atoms with E-state index in [0.29, 0.717) is 0 Å². The van der Waals surface area contributed by atoms with Crippen molar-refractivity contribution in [3.8, 4) is 0 Å². The van der Waals surface area contributed by atoms with Gasteiger partial charge in [0, 0.05) is 0 Å². The zero-order chi connectivity index (χ0) is 7.72. The van der Waals surface area contributed by atoms with Crippen LogP contribution in [0.4, 0.5) is 0 Å². The van der Waals surface area contributed by atoms with Crippen molar-refractivity contribution >= 4 is 0 Å². The van der Waals surface area contributed by atoms with E-state index in [1.807, 2.05) is 0 Å². The summed E-state index contributed by atoms with van der Waals surface area (Å²) in [6.45, 7) is -0.407. The molecule has 10 heavy (non-hydrogen) atoms. The quantitative estimate of drug-likeness (QED) is 0.312. The Labute approximate surface area is 57.5 Å². The summed E-state index contributed by atoms with van der Waals surface area (Å²) in [5.74, 6) is 0.